The van der Waals surface area contributed by atoms with Gasteiger partial charge in [-0.2, -0.15) is 5.10 Å². The highest BCUT2D eigenvalue weighted by Crippen LogP contribution is 2.23. The molecule has 0 fully saturated rings. The molecule has 0 aliphatic rings. The minimum Gasteiger partial charge on any atom is -0.384 e. The molecule has 2 N–H and O–H groups in total. The summed E-state index contributed by atoms with van der Waals surface area (Å²) in [5, 5.41) is 5.09. The Morgan fingerprint density at radius 3 is 2.69 bits per heavy atom. The topological polar surface area (TPSA) is 43.8 Å². The van der Waals surface area contributed by atoms with Crippen LogP contribution in [0.1, 0.15) is 24.2 Å². The summed E-state index contributed by atoms with van der Waals surface area (Å²) in [7, 11) is 0. The smallest absolute Gasteiger partial charge is 0.122 e. The van der Waals surface area contributed by atoms with Crippen molar-refractivity contribution >= 4 is 17.4 Å². The van der Waals surface area contributed by atoms with Gasteiger partial charge >= 0.3 is 0 Å². The largest absolute Gasteiger partial charge is 0.384 e. The highest BCUT2D eigenvalue weighted by molar-refractivity contribution is 6.30. The van der Waals surface area contributed by atoms with E-state index in [2.05, 4.69) is 12.0 Å². The lowest BCUT2D eigenvalue weighted by atomic mass is 10.1. The van der Waals surface area contributed by atoms with E-state index >= 15 is 0 Å². The van der Waals surface area contributed by atoms with Crippen LogP contribution in [-0.2, 0) is 0 Å². The fourth-order valence-electron chi connectivity index (χ4n) is 1.75. The van der Waals surface area contributed by atoms with Crippen molar-refractivity contribution in [2.75, 3.05) is 5.73 Å². The normalized spacial score (nSPS) is 12.7. The molecule has 2 aromatic rings. The van der Waals surface area contributed by atoms with Crippen LogP contribution in [-0.4, -0.2) is 9.78 Å². The van der Waals surface area contributed by atoms with E-state index in [0.29, 0.717) is 5.82 Å². The maximum absolute atomic E-state index is 5.96. The standard InChI is InChI=1S/C12H14ClN3/c1-8-6-12(14)16(15-8)9(2)10-4-3-5-11(13)7-10/h3-7,9H,14H2,1-2H3. The van der Waals surface area contributed by atoms with Gasteiger partial charge in [0, 0.05) is 11.1 Å². The van der Waals surface area contributed by atoms with E-state index in [-0.39, 0.29) is 6.04 Å². The van der Waals surface area contributed by atoms with Gasteiger partial charge < -0.3 is 5.73 Å². The molecule has 3 nitrogen and oxygen atoms in total. The van der Waals surface area contributed by atoms with Crippen LogP contribution in [0.25, 0.3) is 0 Å². The third-order valence-electron chi connectivity index (χ3n) is 2.58. The van der Waals surface area contributed by atoms with Gasteiger partial charge in [0.15, 0.2) is 0 Å². The minimum absolute atomic E-state index is 0.0902. The fourth-order valence-corrected chi connectivity index (χ4v) is 1.95. The van der Waals surface area contributed by atoms with Crippen molar-refractivity contribution in [3.05, 3.63) is 46.6 Å². The number of halogens is 1. The molecule has 0 amide bonds. The predicted molar refractivity (Wildman–Crippen MR) is 66.6 cm³/mol. The molecule has 4 heteroatoms. The summed E-state index contributed by atoms with van der Waals surface area (Å²) in [4.78, 5) is 0. The number of aromatic nitrogens is 2. The molecule has 1 atom stereocenters. The van der Waals surface area contributed by atoms with Crippen molar-refractivity contribution in [3.8, 4) is 0 Å². The van der Waals surface area contributed by atoms with Crippen LogP contribution in [0, 0.1) is 6.92 Å². The molecule has 1 unspecified atom stereocenters. The first kappa shape index (κ1) is 11.0. The van der Waals surface area contributed by atoms with Crippen molar-refractivity contribution in [1.82, 2.24) is 9.78 Å². The molecule has 0 radical (unpaired) electrons. The first-order valence-electron chi connectivity index (χ1n) is 5.15. The number of nitrogen functional groups attached to an aromatic ring is 1. The van der Waals surface area contributed by atoms with Gasteiger partial charge in [-0.1, -0.05) is 23.7 Å². The third-order valence-corrected chi connectivity index (χ3v) is 2.82. The maximum atomic E-state index is 5.96. The Morgan fingerprint density at radius 1 is 1.38 bits per heavy atom. The van der Waals surface area contributed by atoms with E-state index in [1.54, 1.807) is 4.68 Å². The number of hydrogen-bond donors (Lipinski definition) is 1. The molecule has 16 heavy (non-hydrogen) atoms. The molecule has 84 valence electrons. The monoisotopic (exact) mass is 235 g/mol. The lowest BCUT2D eigenvalue weighted by Crippen LogP contribution is -2.11. The number of hydrogen-bond acceptors (Lipinski definition) is 2. The molecular weight excluding hydrogens is 222 g/mol. The Bertz CT molecular complexity index is 505. The van der Waals surface area contributed by atoms with Crippen molar-refractivity contribution in [1.29, 1.82) is 0 Å². The quantitative estimate of drug-likeness (QED) is 0.870. The number of rotatable bonds is 2. The van der Waals surface area contributed by atoms with Gasteiger partial charge in [-0.25, -0.2) is 4.68 Å². The zero-order chi connectivity index (χ0) is 11.7. The lowest BCUT2D eigenvalue weighted by molar-refractivity contribution is 0.569. The van der Waals surface area contributed by atoms with Crippen molar-refractivity contribution in [2.45, 2.75) is 19.9 Å². The molecule has 0 spiro atoms. The fraction of sp³-hybridized carbons (Fsp3) is 0.250. The molecule has 2 rings (SSSR count). The molecule has 1 aromatic carbocycles. The van der Waals surface area contributed by atoms with Crippen molar-refractivity contribution in [2.24, 2.45) is 0 Å². The van der Waals surface area contributed by atoms with E-state index < -0.39 is 0 Å². The Labute approximate surface area is 99.8 Å². The molecule has 0 bridgehead atoms. The second-order valence-electron chi connectivity index (χ2n) is 3.89. The van der Waals surface area contributed by atoms with E-state index in [0.717, 1.165) is 16.3 Å². The Balaban J connectivity index is 2.38. The number of nitrogens with two attached hydrogens (primary N) is 1. The van der Waals surface area contributed by atoms with E-state index in [9.17, 15) is 0 Å². The summed E-state index contributed by atoms with van der Waals surface area (Å²) in [6, 6.07) is 9.69. The van der Waals surface area contributed by atoms with Crippen LogP contribution in [0.5, 0.6) is 0 Å². The van der Waals surface area contributed by atoms with Gasteiger partial charge in [-0.3, -0.25) is 0 Å². The number of nitrogens with zero attached hydrogens (tertiary/aromatic N) is 2. The highest BCUT2D eigenvalue weighted by atomic mass is 35.5. The SMILES string of the molecule is Cc1cc(N)n(C(C)c2cccc(Cl)c2)n1. The first-order chi connectivity index (χ1) is 7.58. The summed E-state index contributed by atoms with van der Waals surface area (Å²) in [6.45, 7) is 3.98. The molecule has 1 heterocycles. The summed E-state index contributed by atoms with van der Waals surface area (Å²) >= 11 is 5.96. The average molecular weight is 236 g/mol. The molecule has 0 aliphatic heterocycles. The number of anilines is 1. The summed E-state index contributed by atoms with van der Waals surface area (Å²) in [5.74, 6) is 0.671. The third kappa shape index (κ3) is 2.04. The zero-order valence-electron chi connectivity index (χ0n) is 9.31. The van der Waals surface area contributed by atoms with Gasteiger partial charge in [0.25, 0.3) is 0 Å². The van der Waals surface area contributed by atoms with Crippen LogP contribution in [0.3, 0.4) is 0 Å². The average Bonchev–Trinajstić information content (AvgIpc) is 2.57. The van der Waals surface area contributed by atoms with Crippen LogP contribution in [0.15, 0.2) is 30.3 Å². The maximum Gasteiger partial charge on any atom is 0.122 e. The lowest BCUT2D eigenvalue weighted by Gasteiger charge is -2.14. The number of benzene rings is 1. The molecule has 0 saturated heterocycles. The zero-order valence-corrected chi connectivity index (χ0v) is 10.1. The molecule has 0 saturated carbocycles. The van der Waals surface area contributed by atoms with E-state index in [4.69, 9.17) is 17.3 Å². The number of aryl methyl sites for hydroxylation is 1. The molecular formula is C12H14ClN3. The van der Waals surface area contributed by atoms with Crippen molar-refractivity contribution in [3.63, 3.8) is 0 Å². The van der Waals surface area contributed by atoms with Crippen LogP contribution in [0.2, 0.25) is 5.02 Å². The summed E-state index contributed by atoms with van der Waals surface area (Å²) in [5.41, 5.74) is 7.91. The van der Waals surface area contributed by atoms with Crippen LogP contribution in [0.4, 0.5) is 5.82 Å². The van der Waals surface area contributed by atoms with Crippen LogP contribution < -0.4 is 5.73 Å². The van der Waals surface area contributed by atoms with Gasteiger partial charge in [0.05, 0.1) is 11.7 Å². The van der Waals surface area contributed by atoms with Gasteiger partial charge in [-0.05, 0) is 31.5 Å². The van der Waals surface area contributed by atoms with E-state index in [1.807, 2.05) is 37.3 Å². The van der Waals surface area contributed by atoms with Gasteiger partial charge in [0.2, 0.25) is 0 Å². The Hall–Kier alpha value is -1.48. The summed E-state index contributed by atoms with van der Waals surface area (Å²) < 4.78 is 1.81. The molecule has 1 aromatic heterocycles. The van der Waals surface area contributed by atoms with E-state index in [1.165, 1.54) is 0 Å². The van der Waals surface area contributed by atoms with Crippen LogP contribution >= 0.6 is 11.6 Å². The minimum atomic E-state index is 0.0902. The Kier molecular flexibility index (Phi) is 2.88. The molecule has 0 aliphatic carbocycles. The highest BCUT2D eigenvalue weighted by Gasteiger charge is 2.12. The summed E-state index contributed by atoms with van der Waals surface area (Å²) in [6.07, 6.45) is 0. The van der Waals surface area contributed by atoms with Gasteiger partial charge in [0.1, 0.15) is 5.82 Å². The predicted octanol–water partition coefficient (Wildman–Crippen LogP) is 3.04. The first-order valence-corrected chi connectivity index (χ1v) is 5.53. The van der Waals surface area contributed by atoms with Crippen molar-refractivity contribution < 1.29 is 0 Å². The van der Waals surface area contributed by atoms with Gasteiger partial charge in [-0.15, -0.1) is 0 Å². The Morgan fingerprint density at radius 2 is 2.12 bits per heavy atom. The second kappa shape index (κ2) is 4.18. The second-order valence-corrected chi connectivity index (χ2v) is 4.32.